The van der Waals surface area contributed by atoms with Crippen molar-refractivity contribution >= 4 is 39.5 Å². The Morgan fingerprint density at radius 3 is 0.806 bits per heavy atom. The molecule has 0 aliphatic rings. The maximum absolute atomic E-state index is 13.1. The fourth-order valence-electron chi connectivity index (χ4n) is 10.7. The molecule has 5 atom stereocenters. The van der Waals surface area contributed by atoms with Gasteiger partial charge in [0.2, 0.25) is 0 Å². The van der Waals surface area contributed by atoms with Crippen LogP contribution in [0.2, 0.25) is 0 Å². The van der Waals surface area contributed by atoms with Gasteiger partial charge in [0.25, 0.3) is 0 Å². The van der Waals surface area contributed by atoms with Crippen LogP contribution in [0.3, 0.4) is 0 Å². The summed E-state index contributed by atoms with van der Waals surface area (Å²) in [4.78, 5) is 73.2. The summed E-state index contributed by atoms with van der Waals surface area (Å²) in [6.45, 7) is 4.51. The first-order valence-corrected chi connectivity index (χ1v) is 44.7. The number of carbonyl (C=O) groups is 4. The van der Waals surface area contributed by atoms with Crippen molar-refractivity contribution in [2.24, 2.45) is 0 Å². The van der Waals surface area contributed by atoms with Crippen LogP contribution in [0.1, 0.15) is 323 Å². The van der Waals surface area contributed by atoms with Crippen LogP contribution in [0.15, 0.2) is 158 Å². The van der Waals surface area contributed by atoms with E-state index in [1.165, 1.54) is 44.9 Å². The number of phosphoric ester groups is 2. The third kappa shape index (κ3) is 78.8. The normalized spacial score (nSPS) is 14.6. The van der Waals surface area contributed by atoms with Crippen molar-refractivity contribution in [1.82, 2.24) is 0 Å². The zero-order valence-electron chi connectivity index (χ0n) is 67.5. The zero-order chi connectivity index (χ0) is 78.9. The van der Waals surface area contributed by atoms with Crippen molar-refractivity contribution in [3.63, 3.8) is 0 Å². The Hall–Kier alpha value is -5.32. The molecule has 3 N–H and O–H groups in total. The molecule has 0 spiro atoms. The summed E-state index contributed by atoms with van der Waals surface area (Å²) >= 11 is 0. The van der Waals surface area contributed by atoms with Crippen LogP contribution in [0.4, 0.5) is 0 Å². The number of carbonyl (C=O) groups excluding carboxylic acids is 4. The lowest BCUT2D eigenvalue weighted by molar-refractivity contribution is -0.161. The molecule has 0 bridgehead atoms. The molecule has 0 saturated heterocycles. The predicted octanol–water partition coefficient (Wildman–Crippen LogP) is 24.8. The summed E-state index contributed by atoms with van der Waals surface area (Å²) < 4.78 is 68.7. The number of aliphatic hydroxyl groups excluding tert-OH is 1. The molecule has 19 heteroatoms. The zero-order valence-corrected chi connectivity index (χ0v) is 69.3. The highest BCUT2D eigenvalue weighted by Crippen LogP contribution is 2.45. The number of phosphoric acid groups is 2. The van der Waals surface area contributed by atoms with Crippen molar-refractivity contribution in [2.45, 2.75) is 341 Å². The van der Waals surface area contributed by atoms with Crippen LogP contribution in [0.5, 0.6) is 0 Å². The van der Waals surface area contributed by atoms with E-state index in [0.717, 1.165) is 193 Å². The van der Waals surface area contributed by atoms with Gasteiger partial charge in [0.1, 0.15) is 19.3 Å². The number of ether oxygens (including phenoxy) is 4. The highest BCUT2D eigenvalue weighted by molar-refractivity contribution is 7.47. The van der Waals surface area contributed by atoms with E-state index < -0.39 is 97.5 Å². The molecule has 17 nitrogen and oxygen atoms in total. The molecule has 0 aromatic carbocycles. The van der Waals surface area contributed by atoms with E-state index in [0.29, 0.717) is 32.1 Å². The molecule has 108 heavy (non-hydrogen) atoms. The van der Waals surface area contributed by atoms with Crippen LogP contribution < -0.4 is 0 Å². The van der Waals surface area contributed by atoms with E-state index in [9.17, 15) is 43.2 Å². The maximum Gasteiger partial charge on any atom is 0.472 e. The molecule has 0 fully saturated rings. The number of hydrogen-bond donors (Lipinski definition) is 3. The molecule has 0 amide bonds. The molecular weight excluding hydrogens is 1400 g/mol. The second-order valence-electron chi connectivity index (χ2n) is 27.3. The van der Waals surface area contributed by atoms with E-state index in [-0.39, 0.29) is 25.7 Å². The second-order valence-corrected chi connectivity index (χ2v) is 30.2. The Morgan fingerprint density at radius 2 is 0.491 bits per heavy atom. The van der Waals surface area contributed by atoms with Gasteiger partial charge < -0.3 is 33.8 Å². The van der Waals surface area contributed by atoms with Crippen molar-refractivity contribution < 1.29 is 80.2 Å². The van der Waals surface area contributed by atoms with Crippen molar-refractivity contribution in [1.29, 1.82) is 0 Å². The molecular formula is C89H148O17P2. The molecule has 0 aliphatic carbocycles. The molecule has 616 valence electrons. The smallest absolute Gasteiger partial charge is 0.462 e. The van der Waals surface area contributed by atoms with Gasteiger partial charge >= 0.3 is 39.5 Å². The minimum absolute atomic E-state index is 0.0682. The maximum atomic E-state index is 13.1. The highest BCUT2D eigenvalue weighted by Gasteiger charge is 2.30. The van der Waals surface area contributed by atoms with Gasteiger partial charge in [0.15, 0.2) is 12.2 Å². The lowest BCUT2D eigenvalue weighted by Crippen LogP contribution is -2.30. The molecule has 5 unspecified atom stereocenters. The Bertz CT molecular complexity index is 2660. The van der Waals surface area contributed by atoms with E-state index >= 15 is 0 Å². The number of allylic oxidation sites excluding steroid dienone is 26. The quantitative estimate of drug-likeness (QED) is 0.0169. The lowest BCUT2D eigenvalue weighted by Gasteiger charge is -2.21. The molecule has 0 saturated carbocycles. The average molecular weight is 1550 g/mol. The summed E-state index contributed by atoms with van der Waals surface area (Å²) in [6.07, 6.45) is 93.6. The monoisotopic (exact) mass is 1550 g/mol. The minimum Gasteiger partial charge on any atom is -0.462 e. The molecule has 0 rings (SSSR count). The SMILES string of the molecule is CC/C=C\C/C=C\C/C=C\C/C=C\C/C=C\CCCC(=O)OCC(COP(=O)(O)OCC(O)COP(=O)(O)OCC(COC(=O)CCCCCCCC/C=C\C/C=C\C/C=C\C/C=C\CC)OC(=O)CCCCCCCC/C=C\C/C=C\C/C=C\CCCCC)OC(=O)CCCCCCC/C=C\CCCCCC. The fraction of sp³-hybridized carbons (Fsp3) is 0.663. The third-order valence-electron chi connectivity index (χ3n) is 17.0. The summed E-state index contributed by atoms with van der Waals surface area (Å²) in [6, 6.07) is 0. The molecule has 0 heterocycles. The molecule has 0 radical (unpaired) electrons. The van der Waals surface area contributed by atoms with Gasteiger partial charge in [-0.25, -0.2) is 9.13 Å². The number of aliphatic hydroxyl groups is 1. The first kappa shape index (κ1) is 103. The van der Waals surface area contributed by atoms with E-state index in [2.05, 4.69) is 174 Å². The molecule has 0 aromatic heterocycles. The Morgan fingerprint density at radius 1 is 0.269 bits per heavy atom. The van der Waals surface area contributed by atoms with Crippen LogP contribution >= 0.6 is 15.6 Å². The van der Waals surface area contributed by atoms with Crippen molar-refractivity contribution in [3.05, 3.63) is 158 Å². The Labute approximate surface area is 655 Å². The number of hydrogen-bond acceptors (Lipinski definition) is 15. The Balaban J connectivity index is 5.45. The summed E-state index contributed by atoms with van der Waals surface area (Å²) in [7, 11) is -10.00. The molecule has 0 aliphatic heterocycles. The predicted molar refractivity (Wildman–Crippen MR) is 445 cm³/mol. The van der Waals surface area contributed by atoms with E-state index in [1.807, 2.05) is 12.2 Å². The summed E-state index contributed by atoms with van der Waals surface area (Å²) in [5, 5.41) is 10.7. The van der Waals surface area contributed by atoms with Gasteiger partial charge in [-0.05, 0) is 167 Å². The topological polar surface area (TPSA) is 237 Å². The highest BCUT2D eigenvalue weighted by atomic mass is 31.2. The van der Waals surface area contributed by atoms with Gasteiger partial charge in [0, 0.05) is 25.7 Å². The van der Waals surface area contributed by atoms with Crippen molar-refractivity contribution in [2.75, 3.05) is 39.6 Å². The largest absolute Gasteiger partial charge is 0.472 e. The van der Waals surface area contributed by atoms with Crippen molar-refractivity contribution in [3.8, 4) is 0 Å². The fourth-order valence-corrected chi connectivity index (χ4v) is 12.2. The van der Waals surface area contributed by atoms with Crippen LogP contribution in [-0.2, 0) is 65.4 Å². The third-order valence-corrected chi connectivity index (χ3v) is 18.9. The minimum atomic E-state index is -5.00. The molecule has 0 aromatic rings. The lowest BCUT2D eigenvalue weighted by atomic mass is 10.1. The van der Waals surface area contributed by atoms with Gasteiger partial charge in [-0.15, -0.1) is 0 Å². The van der Waals surface area contributed by atoms with E-state index in [1.54, 1.807) is 0 Å². The van der Waals surface area contributed by atoms with Gasteiger partial charge in [0.05, 0.1) is 26.4 Å². The van der Waals surface area contributed by atoms with Gasteiger partial charge in [-0.3, -0.25) is 37.3 Å². The summed E-state index contributed by atoms with van der Waals surface area (Å²) in [5.41, 5.74) is 0. The number of unbranched alkanes of at least 4 members (excludes halogenated alkanes) is 25. The van der Waals surface area contributed by atoms with Crippen LogP contribution in [0.25, 0.3) is 0 Å². The number of esters is 4. The van der Waals surface area contributed by atoms with Gasteiger partial charge in [-0.2, -0.15) is 0 Å². The van der Waals surface area contributed by atoms with Crippen LogP contribution in [0, 0.1) is 0 Å². The van der Waals surface area contributed by atoms with E-state index in [4.69, 9.17) is 37.0 Å². The summed E-state index contributed by atoms with van der Waals surface area (Å²) in [5.74, 6) is -2.28. The Kier molecular flexibility index (Phi) is 75.8. The standard InChI is InChI=1S/C89H148O17P2/c1-5-9-13-17-21-25-29-33-36-39-41-44-47-51-54-58-62-66-70-74-87(92)100-80-85(106-89(94)76-72-68-64-60-56-52-48-45-42-40-37-34-30-26-22-18-14-10-6-2)82-104-108(97,98)102-78-83(90)77-101-107(95,96)103-81-84(105-88(93)75-71-67-63-59-55-49-32-28-24-20-16-12-8-4)79-99-86(91)73-69-65-61-57-53-50-46-43-38-35-31-27-23-19-15-11-7-3/h9,11,13,15,21-23,25-28,32-38,41-42,44-46,50,57,61,83-85,90H,5-8,10,12,14,16-20,24,29-31,39-40,43,47-49,51-56,58-60,62-82H2,1-4H3,(H,95,96)(H,97,98)/b13-9-,15-11-,25-21-,26-22-,27-23-,32-28-,36-33-,37-34-,38-35-,44-41-,45-42-,50-46-,61-57-. The van der Waals surface area contributed by atoms with Gasteiger partial charge in [-0.1, -0.05) is 288 Å². The first-order valence-electron chi connectivity index (χ1n) is 41.7. The average Bonchev–Trinajstić information content (AvgIpc) is 0.887. The second kappa shape index (κ2) is 79.8. The first-order chi connectivity index (χ1) is 52.7. The van der Waals surface area contributed by atoms with Crippen LogP contribution in [-0.4, -0.2) is 96.7 Å². The number of rotatable bonds is 77.